The molecule has 1 atom stereocenters. The molecule has 1 aliphatic heterocycles. The molecule has 1 aliphatic rings. The largest absolute Gasteiger partial charge is 0.479 e. The molecule has 0 radical (unpaired) electrons. The molecule has 0 bridgehead atoms. The maximum absolute atomic E-state index is 13.0. The van der Waals surface area contributed by atoms with Gasteiger partial charge in [0.15, 0.2) is 6.10 Å². The number of rotatable bonds is 2. The monoisotopic (exact) mass is 432 g/mol. The topological polar surface area (TPSA) is 58.6 Å². The summed E-state index contributed by atoms with van der Waals surface area (Å²) in [4.78, 5) is 25.6. The SMILES string of the molecule is CC1Oc2cc(NC(=O)c3cc(C(F)(F)F)cc(C(F)(F)F)c3)ccc2N(C)C1=O. The van der Waals surface area contributed by atoms with Crippen molar-refractivity contribution in [2.24, 2.45) is 0 Å². The van der Waals surface area contributed by atoms with Crippen LogP contribution in [0.2, 0.25) is 0 Å². The zero-order valence-corrected chi connectivity index (χ0v) is 15.5. The number of hydrogen-bond donors (Lipinski definition) is 1. The summed E-state index contributed by atoms with van der Waals surface area (Å²) in [5, 5.41) is 2.25. The van der Waals surface area contributed by atoms with Crippen LogP contribution in [0.5, 0.6) is 5.75 Å². The Bertz CT molecular complexity index is 984. The number of anilines is 2. The van der Waals surface area contributed by atoms with Gasteiger partial charge in [-0.1, -0.05) is 0 Å². The van der Waals surface area contributed by atoms with Gasteiger partial charge in [0.05, 0.1) is 16.8 Å². The summed E-state index contributed by atoms with van der Waals surface area (Å²) in [6.07, 6.45) is -10.9. The number of amides is 2. The van der Waals surface area contributed by atoms with Gasteiger partial charge in [0.2, 0.25) is 0 Å². The molecule has 160 valence electrons. The Balaban J connectivity index is 1.93. The highest BCUT2D eigenvalue weighted by Crippen LogP contribution is 2.37. The smallest absolute Gasteiger partial charge is 0.416 e. The fourth-order valence-electron chi connectivity index (χ4n) is 2.88. The molecule has 30 heavy (non-hydrogen) atoms. The third kappa shape index (κ3) is 4.19. The van der Waals surface area contributed by atoms with E-state index >= 15 is 0 Å². The van der Waals surface area contributed by atoms with Crippen molar-refractivity contribution < 1.29 is 40.7 Å². The highest BCUT2D eigenvalue weighted by molar-refractivity contribution is 6.05. The van der Waals surface area contributed by atoms with E-state index in [4.69, 9.17) is 4.74 Å². The number of carbonyl (C=O) groups is 2. The lowest BCUT2D eigenvalue weighted by Crippen LogP contribution is -2.41. The number of nitrogens with one attached hydrogen (secondary N) is 1. The Morgan fingerprint density at radius 3 is 2.10 bits per heavy atom. The lowest BCUT2D eigenvalue weighted by atomic mass is 10.0. The molecule has 1 unspecified atom stereocenters. The zero-order chi connectivity index (χ0) is 22.4. The number of carbonyl (C=O) groups excluding carboxylic acids is 2. The Morgan fingerprint density at radius 1 is 1.00 bits per heavy atom. The molecule has 0 saturated heterocycles. The van der Waals surface area contributed by atoms with Crippen molar-refractivity contribution in [3.05, 3.63) is 53.1 Å². The number of benzene rings is 2. The summed E-state index contributed by atoms with van der Waals surface area (Å²) in [5.74, 6) is -1.25. The van der Waals surface area contributed by atoms with Crippen LogP contribution in [0.1, 0.15) is 28.4 Å². The lowest BCUT2D eigenvalue weighted by Gasteiger charge is -2.30. The number of fused-ring (bicyclic) bond motifs is 1. The summed E-state index contributed by atoms with van der Waals surface area (Å²) in [6, 6.07) is 4.73. The van der Waals surface area contributed by atoms with E-state index in [1.54, 1.807) is 0 Å². The van der Waals surface area contributed by atoms with Gasteiger partial charge < -0.3 is 15.0 Å². The molecule has 0 aromatic heterocycles. The molecule has 0 saturated carbocycles. The Hall–Kier alpha value is -3.24. The number of alkyl halides is 6. The van der Waals surface area contributed by atoms with Crippen molar-refractivity contribution in [2.45, 2.75) is 25.4 Å². The molecule has 3 rings (SSSR count). The highest BCUT2D eigenvalue weighted by atomic mass is 19.4. The lowest BCUT2D eigenvalue weighted by molar-refractivity contribution is -0.143. The third-order valence-corrected chi connectivity index (χ3v) is 4.41. The molecule has 2 amide bonds. The van der Waals surface area contributed by atoms with Gasteiger partial charge in [0.1, 0.15) is 5.75 Å². The standard InChI is InChI=1S/C19H14F6N2O3/c1-9-17(29)27(2)14-4-3-13(8-15(14)30-9)26-16(28)10-5-11(18(20,21)22)7-12(6-10)19(23,24)25/h3-9H,1-2H3,(H,26,28). The van der Waals surface area contributed by atoms with Gasteiger partial charge in [0, 0.05) is 24.4 Å². The first-order chi connectivity index (χ1) is 13.8. The Kier molecular flexibility index (Phi) is 5.17. The quantitative estimate of drug-likeness (QED) is 0.699. The van der Waals surface area contributed by atoms with Gasteiger partial charge in [0.25, 0.3) is 11.8 Å². The summed E-state index contributed by atoms with van der Waals surface area (Å²) < 4.78 is 83.3. The number of likely N-dealkylation sites (N-methyl/N-ethyl adjacent to an activating group) is 1. The van der Waals surface area contributed by atoms with Crippen molar-refractivity contribution in [2.75, 3.05) is 17.3 Å². The Morgan fingerprint density at radius 2 is 1.57 bits per heavy atom. The molecule has 5 nitrogen and oxygen atoms in total. The molecule has 11 heteroatoms. The number of ether oxygens (including phenoxy) is 1. The second-order valence-electron chi connectivity index (χ2n) is 6.59. The van der Waals surface area contributed by atoms with Gasteiger partial charge in [-0.25, -0.2) is 0 Å². The Labute approximate surface area is 166 Å². The molecule has 2 aromatic rings. The van der Waals surface area contributed by atoms with E-state index in [-0.39, 0.29) is 23.4 Å². The second kappa shape index (κ2) is 7.22. The number of hydrogen-bond acceptors (Lipinski definition) is 3. The maximum Gasteiger partial charge on any atom is 0.416 e. The summed E-state index contributed by atoms with van der Waals surface area (Å²) in [7, 11) is 1.51. The molecular weight excluding hydrogens is 418 g/mol. The molecule has 1 N–H and O–H groups in total. The van der Waals surface area contributed by atoms with Crippen molar-refractivity contribution >= 4 is 23.2 Å². The van der Waals surface area contributed by atoms with Crippen molar-refractivity contribution in [1.29, 1.82) is 0 Å². The summed E-state index contributed by atoms with van der Waals surface area (Å²) in [5.41, 5.74) is -3.53. The van der Waals surface area contributed by atoms with Gasteiger partial charge in [-0.3, -0.25) is 9.59 Å². The van der Waals surface area contributed by atoms with E-state index in [9.17, 15) is 35.9 Å². The van der Waals surface area contributed by atoms with Crippen LogP contribution < -0.4 is 15.0 Å². The number of halogens is 6. The van der Waals surface area contributed by atoms with Gasteiger partial charge in [-0.05, 0) is 37.3 Å². The van der Waals surface area contributed by atoms with E-state index in [2.05, 4.69) is 5.32 Å². The average molecular weight is 432 g/mol. The summed E-state index contributed by atoms with van der Waals surface area (Å²) >= 11 is 0. The van der Waals surface area contributed by atoms with Crippen LogP contribution in [0.3, 0.4) is 0 Å². The van der Waals surface area contributed by atoms with Gasteiger partial charge >= 0.3 is 12.4 Å². The van der Waals surface area contributed by atoms with Crippen LogP contribution >= 0.6 is 0 Å². The van der Waals surface area contributed by atoms with Gasteiger partial charge in [-0.2, -0.15) is 26.3 Å². The molecule has 0 aliphatic carbocycles. The van der Waals surface area contributed by atoms with Crippen molar-refractivity contribution in [3.8, 4) is 5.75 Å². The van der Waals surface area contributed by atoms with Crippen LogP contribution in [0, 0.1) is 0 Å². The minimum absolute atomic E-state index is 0.0578. The third-order valence-electron chi connectivity index (χ3n) is 4.41. The minimum atomic E-state index is -5.07. The van der Waals surface area contributed by atoms with E-state index in [0.29, 0.717) is 17.8 Å². The highest BCUT2D eigenvalue weighted by Gasteiger charge is 2.37. The van der Waals surface area contributed by atoms with Gasteiger partial charge in [-0.15, -0.1) is 0 Å². The van der Waals surface area contributed by atoms with Crippen molar-refractivity contribution in [1.82, 2.24) is 0 Å². The fourth-order valence-corrected chi connectivity index (χ4v) is 2.88. The number of nitrogens with zero attached hydrogens (tertiary/aromatic N) is 1. The first-order valence-electron chi connectivity index (χ1n) is 8.46. The van der Waals surface area contributed by atoms with Crippen LogP contribution in [0.15, 0.2) is 36.4 Å². The molecule has 0 fully saturated rings. The fraction of sp³-hybridized carbons (Fsp3) is 0.263. The van der Waals surface area contributed by atoms with E-state index in [1.165, 1.54) is 37.1 Å². The first kappa shape index (κ1) is 21.5. The zero-order valence-electron chi connectivity index (χ0n) is 15.5. The predicted octanol–water partition coefficient (Wildman–Crippen LogP) is 4.72. The van der Waals surface area contributed by atoms with Crippen LogP contribution in [0.4, 0.5) is 37.7 Å². The van der Waals surface area contributed by atoms with E-state index in [0.717, 1.165) is 0 Å². The maximum atomic E-state index is 13.0. The van der Waals surface area contributed by atoms with Crippen molar-refractivity contribution in [3.63, 3.8) is 0 Å². The van der Waals surface area contributed by atoms with Crippen LogP contribution in [-0.2, 0) is 17.1 Å². The molecular formula is C19H14F6N2O3. The van der Waals surface area contributed by atoms with Crippen LogP contribution in [0.25, 0.3) is 0 Å². The minimum Gasteiger partial charge on any atom is -0.479 e. The molecule has 1 heterocycles. The van der Waals surface area contributed by atoms with Crippen LogP contribution in [-0.4, -0.2) is 25.0 Å². The second-order valence-corrected chi connectivity index (χ2v) is 6.59. The normalized spacial score (nSPS) is 16.7. The predicted molar refractivity (Wildman–Crippen MR) is 94.3 cm³/mol. The summed E-state index contributed by atoms with van der Waals surface area (Å²) in [6.45, 7) is 1.51. The first-order valence-corrected chi connectivity index (χ1v) is 8.46. The molecule has 2 aromatic carbocycles. The van der Waals surface area contributed by atoms with E-state index < -0.39 is 41.1 Å². The molecule has 0 spiro atoms. The van der Waals surface area contributed by atoms with E-state index in [1.807, 2.05) is 0 Å². The average Bonchev–Trinajstić information content (AvgIpc) is 2.64.